The Hall–Kier alpha value is -2.87. The molecule has 0 spiro atoms. The van der Waals surface area contributed by atoms with Crippen LogP contribution in [0.5, 0.6) is 0 Å². The maximum absolute atomic E-state index is 12.9. The van der Waals surface area contributed by atoms with Crippen LogP contribution in [-0.2, 0) is 15.7 Å². The summed E-state index contributed by atoms with van der Waals surface area (Å²) in [5, 5.41) is 2.98. The van der Waals surface area contributed by atoms with E-state index in [9.17, 15) is 18.0 Å². The molecule has 0 saturated heterocycles. The Labute approximate surface area is 166 Å². The Bertz CT molecular complexity index is 955. The van der Waals surface area contributed by atoms with E-state index >= 15 is 0 Å². The second-order valence-corrected chi connectivity index (χ2v) is 6.57. The summed E-state index contributed by atoms with van der Waals surface area (Å²) in [7, 11) is 0. The summed E-state index contributed by atoms with van der Waals surface area (Å²) in [4.78, 5) is 18.3. The lowest BCUT2D eigenvalue weighted by atomic mass is 9.98. The summed E-state index contributed by atoms with van der Waals surface area (Å²) in [5.74, 6) is -1.19. The number of benzene rings is 2. The average molecular weight is 405 g/mol. The number of nitrogens with zero attached hydrogens (tertiary/aromatic N) is 1. The van der Waals surface area contributed by atoms with Crippen LogP contribution in [0.3, 0.4) is 0 Å². The van der Waals surface area contributed by atoms with Crippen LogP contribution in [0, 0.1) is 0 Å². The first-order chi connectivity index (χ1) is 13.9. The molecule has 0 radical (unpaired) electrons. The summed E-state index contributed by atoms with van der Waals surface area (Å²) >= 11 is 0. The van der Waals surface area contributed by atoms with Gasteiger partial charge >= 0.3 is 6.18 Å². The van der Waals surface area contributed by atoms with E-state index in [-0.39, 0.29) is 16.9 Å². The number of aromatic nitrogens is 2. The van der Waals surface area contributed by atoms with E-state index in [2.05, 4.69) is 15.3 Å². The fourth-order valence-corrected chi connectivity index (χ4v) is 3.06. The van der Waals surface area contributed by atoms with Crippen LogP contribution in [-0.4, -0.2) is 29.1 Å². The summed E-state index contributed by atoms with van der Waals surface area (Å²) < 4.78 is 44.1. The first-order valence-electron chi connectivity index (χ1n) is 9.37. The molecule has 0 aliphatic rings. The highest BCUT2D eigenvalue weighted by Crippen LogP contribution is 2.30. The van der Waals surface area contributed by atoms with Crippen molar-refractivity contribution in [3.63, 3.8) is 0 Å². The number of rotatable bonds is 8. The summed E-state index contributed by atoms with van der Waals surface area (Å²) in [6.45, 7) is 2.99. The van der Waals surface area contributed by atoms with Crippen molar-refractivity contribution in [3.05, 3.63) is 65.5 Å². The molecule has 0 bridgehead atoms. The highest BCUT2D eigenvalue weighted by molar-refractivity contribution is 5.79. The molecule has 0 aliphatic carbocycles. The van der Waals surface area contributed by atoms with Crippen LogP contribution in [0.25, 0.3) is 11.0 Å². The van der Waals surface area contributed by atoms with E-state index in [1.54, 1.807) is 12.1 Å². The third-order valence-electron chi connectivity index (χ3n) is 4.44. The molecule has 1 aromatic heterocycles. The number of amides is 1. The van der Waals surface area contributed by atoms with Crippen LogP contribution in [0.2, 0.25) is 0 Å². The zero-order valence-electron chi connectivity index (χ0n) is 15.9. The fourth-order valence-electron chi connectivity index (χ4n) is 3.06. The summed E-state index contributed by atoms with van der Waals surface area (Å²) in [5.41, 5.74) is 1.98. The van der Waals surface area contributed by atoms with Gasteiger partial charge in [0.25, 0.3) is 0 Å². The predicted molar refractivity (Wildman–Crippen MR) is 103 cm³/mol. The van der Waals surface area contributed by atoms with E-state index in [0.717, 1.165) is 5.56 Å². The molecule has 29 heavy (non-hydrogen) atoms. The van der Waals surface area contributed by atoms with Crippen LogP contribution in [0.1, 0.15) is 42.8 Å². The number of aromatic amines is 1. The maximum Gasteiger partial charge on any atom is 0.449 e. The molecule has 154 valence electrons. The molecule has 0 aliphatic heterocycles. The van der Waals surface area contributed by atoms with Gasteiger partial charge in [-0.1, -0.05) is 36.4 Å². The normalized spacial score (nSPS) is 12.8. The predicted octanol–water partition coefficient (Wildman–Crippen LogP) is 4.60. The van der Waals surface area contributed by atoms with Crippen molar-refractivity contribution in [2.75, 3.05) is 13.2 Å². The molecular weight excluding hydrogens is 383 g/mol. The molecule has 3 rings (SSSR count). The van der Waals surface area contributed by atoms with Gasteiger partial charge in [0.15, 0.2) is 0 Å². The van der Waals surface area contributed by atoms with Gasteiger partial charge in [-0.25, -0.2) is 4.98 Å². The minimum atomic E-state index is -4.55. The number of halogens is 3. The van der Waals surface area contributed by atoms with Gasteiger partial charge in [0.1, 0.15) is 0 Å². The smallest absolute Gasteiger partial charge is 0.382 e. The van der Waals surface area contributed by atoms with Crippen LogP contribution in [0.4, 0.5) is 13.2 Å². The lowest BCUT2D eigenvalue weighted by molar-refractivity contribution is -0.144. The van der Waals surface area contributed by atoms with Crippen molar-refractivity contribution >= 4 is 16.9 Å². The number of ether oxygens (including phenoxy) is 1. The fraction of sp³-hybridized carbons (Fsp3) is 0.333. The zero-order chi connectivity index (χ0) is 20.9. The molecule has 5 nitrogen and oxygen atoms in total. The van der Waals surface area contributed by atoms with Crippen molar-refractivity contribution in [1.29, 1.82) is 0 Å². The molecule has 1 atom stereocenters. The van der Waals surface area contributed by atoms with Gasteiger partial charge in [0, 0.05) is 19.6 Å². The number of imidazole rings is 1. The van der Waals surface area contributed by atoms with Crippen LogP contribution >= 0.6 is 0 Å². The van der Waals surface area contributed by atoms with Gasteiger partial charge in [-0.05, 0) is 36.6 Å². The van der Waals surface area contributed by atoms with E-state index in [4.69, 9.17) is 4.74 Å². The molecule has 0 fully saturated rings. The third kappa shape index (κ3) is 5.35. The standard InChI is InChI=1S/C21H22F3N3O2/c1-2-29-12-6-9-18(28)27-19(14-7-4-3-5-8-14)15-10-11-16-17(13-15)26-20(25-16)21(22,23)24/h3-5,7-8,10-11,13,19H,2,6,9,12H2,1H3,(H,25,26)(H,27,28)/t19-/m1/s1. The first kappa shape index (κ1) is 20.9. The molecule has 1 heterocycles. The highest BCUT2D eigenvalue weighted by atomic mass is 19.4. The number of fused-ring (bicyclic) bond motifs is 1. The number of carbonyl (C=O) groups is 1. The van der Waals surface area contributed by atoms with E-state index in [1.165, 1.54) is 6.07 Å². The second-order valence-electron chi connectivity index (χ2n) is 6.57. The molecular formula is C21H22F3N3O2. The zero-order valence-corrected chi connectivity index (χ0v) is 15.9. The molecule has 2 aromatic carbocycles. The topological polar surface area (TPSA) is 67.0 Å². The van der Waals surface area contributed by atoms with Crippen LogP contribution < -0.4 is 5.32 Å². The summed E-state index contributed by atoms with van der Waals surface area (Å²) in [6.07, 6.45) is -3.66. The van der Waals surface area contributed by atoms with E-state index < -0.39 is 18.0 Å². The van der Waals surface area contributed by atoms with Gasteiger partial charge in [-0.2, -0.15) is 13.2 Å². The Morgan fingerprint density at radius 2 is 1.93 bits per heavy atom. The molecule has 2 N–H and O–H groups in total. The number of carbonyl (C=O) groups excluding carboxylic acids is 1. The molecule has 1 amide bonds. The second kappa shape index (κ2) is 9.09. The van der Waals surface area contributed by atoms with Gasteiger partial charge < -0.3 is 15.0 Å². The molecule has 3 aromatic rings. The van der Waals surface area contributed by atoms with Crippen molar-refractivity contribution in [3.8, 4) is 0 Å². The van der Waals surface area contributed by atoms with Gasteiger partial charge in [0.2, 0.25) is 11.7 Å². The van der Waals surface area contributed by atoms with E-state index in [0.29, 0.717) is 31.6 Å². The largest absolute Gasteiger partial charge is 0.449 e. The first-order valence-corrected chi connectivity index (χ1v) is 9.37. The lowest BCUT2D eigenvalue weighted by Gasteiger charge is -2.20. The Morgan fingerprint density at radius 1 is 1.17 bits per heavy atom. The lowest BCUT2D eigenvalue weighted by Crippen LogP contribution is -2.29. The van der Waals surface area contributed by atoms with Crippen molar-refractivity contribution < 1.29 is 22.7 Å². The molecule has 0 unspecified atom stereocenters. The van der Waals surface area contributed by atoms with Crippen molar-refractivity contribution in [2.24, 2.45) is 0 Å². The van der Waals surface area contributed by atoms with Gasteiger partial charge in [-0.3, -0.25) is 4.79 Å². The Morgan fingerprint density at radius 3 is 2.62 bits per heavy atom. The number of H-pyrrole nitrogens is 1. The van der Waals surface area contributed by atoms with Crippen LogP contribution in [0.15, 0.2) is 48.5 Å². The Kier molecular flexibility index (Phi) is 6.53. The summed E-state index contributed by atoms with van der Waals surface area (Å²) in [6, 6.07) is 13.6. The highest BCUT2D eigenvalue weighted by Gasteiger charge is 2.34. The minimum absolute atomic E-state index is 0.153. The maximum atomic E-state index is 12.9. The van der Waals surface area contributed by atoms with Crippen molar-refractivity contribution in [1.82, 2.24) is 15.3 Å². The van der Waals surface area contributed by atoms with Crippen molar-refractivity contribution in [2.45, 2.75) is 32.0 Å². The van der Waals surface area contributed by atoms with Gasteiger partial charge in [-0.15, -0.1) is 0 Å². The number of hydrogen-bond acceptors (Lipinski definition) is 3. The quantitative estimate of drug-likeness (QED) is 0.538. The average Bonchev–Trinajstić information content (AvgIpc) is 3.14. The number of hydrogen-bond donors (Lipinski definition) is 2. The third-order valence-corrected chi connectivity index (χ3v) is 4.44. The molecule has 8 heteroatoms. The Balaban J connectivity index is 1.87. The SMILES string of the molecule is CCOCCCC(=O)N[C@H](c1ccccc1)c1ccc2nc(C(F)(F)F)[nH]c2c1. The van der Waals surface area contributed by atoms with E-state index in [1.807, 2.05) is 37.3 Å². The van der Waals surface area contributed by atoms with Gasteiger partial charge in [0.05, 0.1) is 17.1 Å². The monoisotopic (exact) mass is 405 g/mol. The minimum Gasteiger partial charge on any atom is -0.382 e. The number of alkyl halides is 3. The molecule has 0 saturated carbocycles. The number of nitrogens with one attached hydrogen (secondary N) is 2.